The molecular formula is C41H66O16. The molecule has 6 rings (SSSR count). The van der Waals surface area contributed by atoms with Gasteiger partial charge in [-0.2, -0.15) is 0 Å². The Hall–Kier alpha value is -1.64. The molecule has 0 bridgehead atoms. The minimum absolute atomic E-state index is 0.0193. The molecule has 0 amide bonds. The van der Waals surface area contributed by atoms with Crippen LogP contribution in [-0.4, -0.2) is 155 Å². The summed E-state index contributed by atoms with van der Waals surface area (Å²) in [6.07, 6.45) is -10.7. The third-order valence-corrected chi connectivity index (χ3v) is 15.5. The number of carboxylic acid groups (broad SMARTS) is 1. The summed E-state index contributed by atoms with van der Waals surface area (Å²) in [6, 6.07) is 0. The van der Waals surface area contributed by atoms with Gasteiger partial charge in [0.1, 0.15) is 48.8 Å². The number of hydrogen-bond donors (Lipinski definition) is 10. The number of aliphatic hydroxyl groups is 9. The maximum atomic E-state index is 14.4. The summed E-state index contributed by atoms with van der Waals surface area (Å²) in [6.45, 7) is 8.12. The number of aliphatic carboxylic acids is 1. The molecule has 10 N–H and O–H groups in total. The Labute approximate surface area is 333 Å². The van der Waals surface area contributed by atoms with Crippen LogP contribution in [0.15, 0.2) is 11.1 Å². The van der Waals surface area contributed by atoms with Crippen molar-refractivity contribution in [3.05, 3.63) is 11.1 Å². The highest BCUT2D eigenvalue weighted by molar-refractivity contribution is 5.99. The zero-order chi connectivity index (χ0) is 41.9. The Morgan fingerprint density at radius 2 is 1.46 bits per heavy atom. The summed E-state index contributed by atoms with van der Waals surface area (Å²) >= 11 is 0. The quantitative estimate of drug-likeness (QED) is 0.119. The van der Waals surface area contributed by atoms with Gasteiger partial charge in [0.2, 0.25) is 0 Å². The zero-order valence-corrected chi connectivity index (χ0v) is 33.7. The van der Waals surface area contributed by atoms with Gasteiger partial charge in [-0.15, -0.1) is 0 Å². The van der Waals surface area contributed by atoms with E-state index >= 15 is 0 Å². The molecule has 2 aliphatic heterocycles. The van der Waals surface area contributed by atoms with Crippen LogP contribution in [0.2, 0.25) is 0 Å². The first-order valence-electron chi connectivity index (χ1n) is 20.9. The first-order valence-corrected chi connectivity index (χ1v) is 20.9. The minimum atomic E-state index is -1.66. The van der Waals surface area contributed by atoms with E-state index in [9.17, 15) is 60.7 Å². The van der Waals surface area contributed by atoms with E-state index in [2.05, 4.69) is 6.92 Å². The topological polar surface area (TPSA) is 273 Å². The number of ketones is 1. The van der Waals surface area contributed by atoms with Crippen molar-refractivity contribution >= 4 is 11.8 Å². The fourth-order valence-electron chi connectivity index (χ4n) is 11.8. The standard InChI is InChI=1S/C41H66O16/c1-18(2)41(53,19(3)54-37-34(49)32(47)30(45)27(16-42)56-37)13-11-23(36(51)52)25-9-8-24-22-7-6-20-14-21(55-38-35(50)33(48)31(46)28(17-43)57-38)10-12-39(20,4)29(22)26(44)15-40(24,25)5/h18-21,23-25,27-28,30-35,37-38,42-43,45-50,53H,6-17H2,1-5H3,(H,51,52)/t19-,20+,21+,23-,24+,25-,27-,28-,30-,31-,32+,33+,34-,35-,37-,38-,39+,40+,41-/m1/s1. The van der Waals surface area contributed by atoms with Gasteiger partial charge in [-0.25, -0.2) is 0 Å². The van der Waals surface area contributed by atoms with Gasteiger partial charge in [0.15, 0.2) is 18.4 Å². The monoisotopic (exact) mass is 814 g/mol. The third kappa shape index (κ3) is 7.90. The first kappa shape index (κ1) is 44.9. The summed E-state index contributed by atoms with van der Waals surface area (Å²) in [7, 11) is 0. The van der Waals surface area contributed by atoms with Gasteiger partial charge in [0, 0.05) is 12.0 Å². The van der Waals surface area contributed by atoms with E-state index in [0.29, 0.717) is 32.1 Å². The normalized spacial score (nSPS) is 45.8. The summed E-state index contributed by atoms with van der Waals surface area (Å²) < 4.78 is 23.2. The van der Waals surface area contributed by atoms with Gasteiger partial charge in [-0.3, -0.25) is 9.59 Å². The maximum absolute atomic E-state index is 14.4. The summed E-state index contributed by atoms with van der Waals surface area (Å²) in [5.41, 5.74) is -0.626. The molecule has 6 aliphatic rings. The van der Waals surface area contributed by atoms with Gasteiger partial charge in [-0.05, 0) is 99.2 Å². The number of aliphatic hydroxyl groups excluding tert-OH is 8. The average molecular weight is 815 g/mol. The highest BCUT2D eigenvalue weighted by atomic mass is 16.7. The number of rotatable bonds is 13. The first-order chi connectivity index (χ1) is 26.7. The number of carbonyl (C=O) groups is 2. The molecule has 2 saturated carbocycles. The van der Waals surface area contributed by atoms with Gasteiger partial charge < -0.3 is 70.0 Å². The van der Waals surface area contributed by atoms with E-state index in [4.69, 9.17) is 18.9 Å². The smallest absolute Gasteiger partial charge is 0.306 e. The molecule has 16 nitrogen and oxygen atoms in total. The molecular weight excluding hydrogens is 748 g/mol. The van der Waals surface area contributed by atoms with Gasteiger partial charge in [0.25, 0.3) is 0 Å². The number of carbonyl (C=O) groups excluding carboxylic acids is 1. The largest absolute Gasteiger partial charge is 0.481 e. The number of fused-ring (bicyclic) bond motifs is 4. The van der Waals surface area contributed by atoms with Crippen molar-refractivity contribution in [2.45, 2.75) is 178 Å². The lowest BCUT2D eigenvalue weighted by Gasteiger charge is -2.54. The zero-order valence-electron chi connectivity index (χ0n) is 33.7. The Morgan fingerprint density at radius 3 is 2.04 bits per heavy atom. The second-order valence-corrected chi connectivity index (χ2v) is 18.7. The number of ether oxygens (including phenoxy) is 4. The molecule has 0 aromatic heterocycles. The van der Waals surface area contributed by atoms with Crippen molar-refractivity contribution in [2.24, 2.45) is 40.4 Å². The molecule has 16 heteroatoms. The molecule has 4 fully saturated rings. The lowest BCUT2D eigenvalue weighted by atomic mass is 9.50. The third-order valence-electron chi connectivity index (χ3n) is 15.5. The van der Waals surface area contributed by atoms with Crippen LogP contribution in [0.4, 0.5) is 0 Å². The fourth-order valence-corrected chi connectivity index (χ4v) is 11.8. The van der Waals surface area contributed by atoms with E-state index in [-0.39, 0.29) is 48.9 Å². The van der Waals surface area contributed by atoms with Crippen molar-refractivity contribution in [1.29, 1.82) is 0 Å². The predicted octanol–water partition coefficient (Wildman–Crippen LogP) is 0.147. The molecule has 4 aliphatic carbocycles. The Balaban J connectivity index is 1.15. The molecule has 19 atom stereocenters. The molecule has 0 radical (unpaired) electrons. The van der Waals surface area contributed by atoms with Crippen molar-refractivity contribution in [3.8, 4) is 0 Å². The van der Waals surface area contributed by atoms with Crippen molar-refractivity contribution < 1.29 is 79.6 Å². The van der Waals surface area contributed by atoms with Gasteiger partial charge >= 0.3 is 5.97 Å². The van der Waals surface area contributed by atoms with Crippen LogP contribution in [0.3, 0.4) is 0 Å². The van der Waals surface area contributed by atoms with Crippen molar-refractivity contribution in [1.82, 2.24) is 0 Å². The number of hydrogen-bond acceptors (Lipinski definition) is 15. The number of allylic oxidation sites excluding steroid dienone is 2. The molecule has 0 aromatic rings. The molecule has 57 heavy (non-hydrogen) atoms. The van der Waals surface area contributed by atoms with Crippen LogP contribution in [0.5, 0.6) is 0 Å². The second kappa shape index (κ2) is 17.0. The lowest BCUT2D eigenvalue weighted by molar-refractivity contribution is -0.324. The van der Waals surface area contributed by atoms with Crippen LogP contribution in [0.25, 0.3) is 0 Å². The number of Topliss-reactive ketones (excluding diaryl/α,β-unsaturated/α-hetero) is 1. The fraction of sp³-hybridized carbons (Fsp3) is 0.902. The van der Waals surface area contributed by atoms with Gasteiger partial charge in [0.05, 0.1) is 36.9 Å². The van der Waals surface area contributed by atoms with Crippen LogP contribution >= 0.6 is 0 Å². The van der Waals surface area contributed by atoms with E-state index in [1.807, 2.05) is 6.92 Å². The lowest BCUT2D eigenvalue weighted by Crippen LogP contribution is -2.61. The molecule has 0 unspecified atom stereocenters. The second-order valence-electron chi connectivity index (χ2n) is 18.7. The summed E-state index contributed by atoms with van der Waals surface area (Å²) in [5.74, 6) is -2.49. The molecule has 2 saturated heterocycles. The molecule has 0 spiro atoms. The minimum Gasteiger partial charge on any atom is -0.481 e. The van der Waals surface area contributed by atoms with E-state index in [0.717, 1.165) is 24.0 Å². The van der Waals surface area contributed by atoms with E-state index < -0.39 is 115 Å². The average Bonchev–Trinajstić information content (AvgIpc) is 3.50. The SMILES string of the molecule is CC(C)[C@](O)(CC[C@@H](C(=O)O)[C@H]1CC[C@H]2C3=C(C(=O)C[C@]12C)[C@@]1(C)CC[C@H](O[C@@H]2O[C@H](CO)[C@@H](O)[C@H](O)[C@H]2O)C[C@@H]1CC3)[C@@H](C)O[C@@H]1O[C@H](CO)[C@@H](O)[C@H](O)[C@H]1O. The summed E-state index contributed by atoms with van der Waals surface area (Å²) in [4.78, 5) is 27.6. The van der Waals surface area contributed by atoms with Crippen LogP contribution in [0.1, 0.15) is 98.8 Å². The molecule has 326 valence electrons. The highest BCUT2D eigenvalue weighted by Crippen LogP contribution is 2.65. The summed E-state index contributed by atoms with van der Waals surface area (Å²) in [5, 5.41) is 104. The molecule has 2 heterocycles. The van der Waals surface area contributed by atoms with Crippen LogP contribution in [-0.2, 0) is 28.5 Å². The molecule has 0 aromatic carbocycles. The maximum Gasteiger partial charge on any atom is 0.306 e. The Kier molecular flexibility index (Phi) is 13.4. The highest BCUT2D eigenvalue weighted by Gasteiger charge is 2.60. The van der Waals surface area contributed by atoms with E-state index in [1.165, 1.54) is 0 Å². The van der Waals surface area contributed by atoms with E-state index in [1.54, 1.807) is 20.8 Å². The number of carboxylic acids is 1. The van der Waals surface area contributed by atoms with Crippen LogP contribution < -0.4 is 0 Å². The van der Waals surface area contributed by atoms with Crippen molar-refractivity contribution in [2.75, 3.05) is 13.2 Å². The van der Waals surface area contributed by atoms with Crippen LogP contribution in [0, 0.1) is 40.4 Å². The predicted molar refractivity (Wildman–Crippen MR) is 199 cm³/mol. The van der Waals surface area contributed by atoms with Crippen molar-refractivity contribution in [3.63, 3.8) is 0 Å². The van der Waals surface area contributed by atoms with Gasteiger partial charge in [-0.1, -0.05) is 33.3 Å². The Bertz CT molecular complexity index is 1490. The Morgan fingerprint density at radius 1 is 0.860 bits per heavy atom.